The first-order valence-electron chi connectivity index (χ1n) is 4.95. The Morgan fingerprint density at radius 3 is 2.81 bits per heavy atom. The molecular formula is C12H14FNO2. The third kappa shape index (κ3) is 3.08. The molecule has 0 aliphatic carbocycles. The minimum Gasteiger partial charge on any atom is -0.463 e. The van der Waals surface area contributed by atoms with Gasteiger partial charge in [-0.2, -0.15) is 0 Å². The van der Waals surface area contributed by atoms with Crippen LogP contribution in [0, 0.1) is 5.82 Å². The normalized spacial score (nSPS) is 11.3. The van der Waals surface area contributed by atoms with E-state index in [1.54, 1.807) is 19.9 Å². The zero-order chi connectivity index (χ0) is 12.1. The van der Waals surface area contributed by atoms with Gasteiger partial charge in [-0.15, -0.1) is 0 Å². The summed E-state index contributed by atoms with van der Waals surface area (Å²) in [6.07, 6.45) is 1.44. The van der Waals surface area contributed by atoms with E-state index in [2.05, 4.69) is 0 Å². The SMILES string of the molecule is CCOC(=O)/C(C)=C/c1ccc(N)cc1F. The number of carbonyl (C=O) groups excluding carboxylic acids is 1. The molecule has 0 heterocycles. The van der Waals surface area contributed by atoms with Crippen molar-refractivity contribution >= 4 is 17.7 Å². The topological polar surface area (TPSA) is 52.3 Å². The van der Waals surface area contributed by atoms with Gasteiger partial charge >= 0.3 is 5.97 Å². The number of hydrogen-bond acceptors (Lipinski definition) is 3. The highest BCUT2D eigenvalue weighted by Crippen LogP contribution is 2.15. The third-order valence-corrected chi connectivity index (χ3v) is 1.99. The summed E-state index contributed by atoms with van der Waals surface area (Å²) in [7, 11) is 0. The number of nitrogens with two attached hydrogens (primary N) is 1. The molecule has 2 N–H and O–H groups in total. The van der Waals surface area contributed by atoms with Gasteiger partial charge in [0.1, 0.15) is 5.82 Å². The smallest absolute Gasteiger partial charge is 0.333 e. The summed E-state index contributed by atoms with van der Waals surface area (Å²) in [5, 5.41) is 0. The van der Waals surface area contributed by atoms with E-state index in [0.29, 0.717) is 23.4 Å². The van der Waals surface area contributed by atoms with Crippen molar-refractivity contribution in [3.8, 4) is 0 Å². The fourth-order valence-electron chi connectivity index (χ4n) is 1.20. The molecule has 3 nitrogen and oxygen atoms in total. The summed E-state index contributed by atoms with van der Waals surface area (Å²) in [4.78, 5) is 11.3. The summed E-state index contributed by atoms with van der Waals surface area (Å²) in [6, 6.07) is 4.31. The van der Waals surface area contributed by atoms with Gasteiger partial charge in [-0.1, -0.05) is 0 Å². The molecule has 0 aromatic heterocycles. The number of benzene rings is 1. The maximum absolute atomic E-state index is 13.4. The second-order valence-corrected chi connectivity index (χ2v) is 3.33. The lowest BCUT2D eigenvalue weighted by Gasteiger charge is -2.03. The molecule has 1 aromatic carbocycles. The Balaban J connectivity index is 2.94. The largest absolute Gasteiger partial charge is 0.463 e. The number of halogens is 1. The van der Waals surface area contributed by atoms with Crippen LogP contribution in [0.25, 0.3) is 6.08 Å². The number of hydrogen-bond donors (Lipinski definition) is 1. The molecule has 0 unspecified atom stereocenters. The van der Waals surface area contributed by atoms with Crippen molar-refractivity contribution in [2.24, 2.45) is 0 Å². The van der Waals surface area contributed by atoms with Crippen LogP contribution in [0.5, 0.6) is 0 Å². The highest BCUT2D eigenvalue weighted by molar-refractivity contribution is 5.93. The summed E-state index contributed by atoms with van der Waals surface area (Å²) in [5.74, 6) is -0.901. The van der Waals surface area contributed by atoms with E-state index in [4.69, 9.17) is 10.5 Å². The molecule has 0 fully saturated rings. The van der Waals surface area contributed by atoms with Gasteiger partial charge in [0, 0.05) is 16.8 Å². The molecule has 1 rings (SSSR count). The van der Waals surface area contributed by atoms with Gasteiger partial charge in [-0.05, 0) is 38.1 Å². The van der Waals surface area contributed by atoms with Gasteiger partial charge < -0.3 is 10.5 Å². The average Bonchev–Trinajstić information content (AvgIpc) is 2.22. The highest BCUT2D eigenvalue weighted by Gasteiger charge is 2.06. The highest BCUT2D eigenvalue weighted by atomic mass is 19.1. The molecule has 0 atom stereocenters. The number of carbonyl (C=O) groups is 1. The molecule has 0 saturated carbocycles. The van der Waals surface area contributed by atoms with Crippen molar-refractivity contribution in [2.75, 3.05) is 12.3 Å². The summed E-state index contributed by atoms with van der Waals surface area (Å²) >= 11 is 0. The van der Waals surface area contributed by atoms with E-state index < -0.39 is 11.8 Å². The predicted molar refractivity (Wildman–Crippen MR) is 61.1 cm³/mol. The fourth-order valence-corrected chi connectivity index (χ4v) is 1.20. The maximum Gasteiger partial charge on any atom is 0.333 e. The molecule has 0 aliphatic rings. The van der Waals surface area contributed by atoms with Gasteiger partial charge in [0.15, 0.2) is 0 Å². The molecule has 86 valence electrons. The van der Waals surface area contributed by atoms with E-state index in [-0.39, 0.29) is 0 Å². The van der Waals surface area contributed by atoms with Crippen LogP contribution < -0.4 is 5.73 Å². The predicted octanol–water partition coefficient (Wildman–Crippen LogP) is 2.37. The van der Waals surface area contributed by atoms with E-state index in [0.717, 1.165) is 0 Å². The first kappa shape index (κ1) is 12.2. The lowest BCUT2D eigenvalue weighted by Crippen LogP contribution is -2.05. The summed E-state index contributed by atoms with van der Waals surface area (Å²) in [6.45, 7) is 3.59. The Hall–Kier alpha value is -1.84. The van der Waals surface area contributed by atoms with Gasteiger partial charge in [0.05, 0.1) is 6.61 Å². The Kier molecular flexibility index (Phi) is 4.05. The van der Waals surface area contributed by atoms with E-state index in [9.17, 15) is 9.18 Å². The Bertz CT molecular complexity index is 427. The third-order valence-electron chi connectivity index (χ3n) is 1.99. The van der Waals surface area contributed by atoms with Crippen molar-refractivity contribution in [1.82, 2.24) is 0 Å². The summed E-state index contributed by atoms with van der Waals surface area (Å²) in [5.41, 5.74) is 6.44. The summed E-state index contributed by atoms with van der Waals surface area (Å²) < 4.78 is 18.2. The van der Waals surface area contributed by atoms with Gasteiger partial charge in [0.2, 0.25) is 0 Å². The zero-order valence-electron chi connectivity index (χ0n) is 9.29. The first-order valence-corrected chi connectivity index (χ1v) is 4.95. The molecule has 1 aromatic rings. The number of rotatable bonds is 3. The second-order valence-electron chi connectivity index (χ2n) is 3.33. The molecule has 16 heavy (non-hydrogen) atoms. The van der Waals surface area contributed by atoms with E-state index in [1.807, 2.05) is 0 Å². The fraction of sp³-hybridized carbons (Fsp3) is 0.250. The van der Waals surface area contributed by atoms with Crippen LogP contribution in [0.15, 0.2) is 23.8 Å². The molecule has 0 radical (unpaired) electrons. The standard InChI is InChI=1S/C12H14FNO2/c1-3-16-12(15)8(2)6-9-4-5-10(14)7-11(9)13/h4-7H,3,14H2,1-2H3/b8-6+. The van der Waals surface area contributed by atoms with Crippen LogP contribution in [-0.4, -0.2) is 12.6 Å². The minimum atomic E-state index is -0.455. The Morgan fingerprint density at radius 1 is 1.56 bits per heavy atom. The lowest BCUT2D eigenvalue weighted by atomic mass is 10.1. The monoisotopic (exact) mass is 223 g/mol. The number of anilines is 1. The molecule has 0 bridgehead atoms. The molecule has 0 saturated heterocycles. The number of ether oxygens (including phenoxy) is 1. The van der Waals surface area contributed by atoms with Gasteiger partial charge in [-0.3, -0.25) is 0 Å². The van der Waals surface area contributed by atoms with Crippen LogP contribution in [0.3, 0.4) is 0 Å². The minimum absolute atomic E-state index is 0.300. The number of esters is 1. The van der Waals surface area contributed by atoms with E-state index >= 15 is 0 Å². The van der Waals surface area contributed by atoms with Crippen molar-refractivity contribution in [3.05, 3.63) is 35.2 Å². The maximum atomic E-state index is 13.4. The van der Waals surface area contributed by atoms with Crippen molar-refractivity contribution in [3.63, 3.8) is 0 Å². The average molecular weight is 223 g/mol. The van der Waals surface area contributed by atoms with Crippen LogP contribution >= 0.6 is 0 Å². The van der Waals surface area contributed by atoms with Crippen molar-refractivity contribution in [1.29, 1.82) is 0 Å². The molecular weight excluding hydrogens is 209 g/mol. The molecule has 0 aliphatic heterocycles. The number of nitrogen functional groups attached to an aromatic ring is 1. The second kappa shape index (κ2) is 5.30. The zero-order valence-corrected chi connectivity index (χ0v) is 9.29. The van der Waals surface area contributed by atoms with Crippen LogP contribution in [-0.2, 0) is 9.53 Å². The van der Waals surface area contributed by atoms with Crippen molar-refractivity contribution < 1.29 is 13.9 Å². The molecule has 4 heteroatoms. The lowest BCUT2D eigenvalue weighted by molar-refractivity contribution is -0.138. The Morgan fingerprint density at radius 2 is 2.25 bits per heavy atom. The Labute approximate surface area is 93.7 Å². The molecule has 0 spiro atoms. The first-order chi connectivity index (χ1) is 7.54. The van der Waals surface area contributed by atoms with Gasteiger partial charge in [0.25, 0.3) is 0 Å². The van der Waals surface area contributed by atoms with Crippen LogP contribution in [0.1, 0.15) is 19.4 Å². The van der Waals surface area contributed by atoms with Crippen LogP contribution in [0.4, 0.5) is 10.1 Å². The quantitative estimate of drug-likeness (QED) is 0.486. The van der Waals surface area contributed by atoms with Gasteiger partial charge in [-0.25, -0.2) is 9.18 Å². The van der Waals surface area contributed by atoms with E-state index in [1.165, 1.54) is 18.2 Å². The molecule has 0 amide bonds. The van der Waals surface area contributed by atoms with Crippen molar-refractivity contribution in [2.45, 2.75) is 13.8 Å². The van der Waals surface area contributed by atoms with Crippen LogP contribution in [0.2, 0.25) is 0 Å².